The maximum Gasteiger partial charge on any atom is 0.316 e. The molecule has 0 spiro atoms. The summed E-state index contributed by atoms with van der Waals surface area (Å²) in [6.07, 6.45) is 3.19. The molecule has 0 fully saturated rings. The van der Waals surface area contributed by atoms with E-state index in [9.17, 15) is 4.79 Å². The number of carbonyl (C=O) groups is 1. The number of benzene rings is 2. The molecule has 23 heavy (non-hydrogen) atoms. The lowest BCUT2D eigenvalue weighted by molar-refractivity contribution is 0.236. The fourth-order valence-corrected chi connectivity index (χ4v) is 2.91. The van der Waals surface area contributed by atoms with E-state index >= 15 is 0 Å². The Balaban J connectivity index is 1.52. The molecule has 0 saturated carbocycles. The number of carbonyl (C=O) groups excluding carboxylic acids is 1. The van der Waals surface area contributed by atoms with Gasteiger partial charge in [-0.1, -0.05) is 54.3 Å². The predicted molar refractivity (Wildman–Crippen MR) is 92.0 cm³/mol. The highest BCUT2D eigenvalue weighted by atomic mass is 16.2. The van der Waals surface area contributed by atoms with E-state index in [0.717, 1.165) is 24.8 Å². The second kappa shape index (κ2) is 7.51. The van der Waals surface area contributed by atoms with E-state index in [1.165, 1.54) is 11.1 Å². The second-order valence-corrected chi connectivity index (χ2v) is 5.64. The van der Waals surface area contributed by atoms with Gasteiger partial charge < -0.3 is 10.6 Å². The molecule has 1 unspecified atom stereocenters. The number of rotatable bonds is 2. The van der Waals surface area contributed by atoms with Crippen LogP contribution < -0.4 is 10.6 Å². The number of urea groups is 1. The zero-order valence-corrected chi connectivity index (χ0v) is 13.0. The molecule has 0 heterocycles. The minimum Gasteiger partial charge on any atom is -0.331 e. The number of fused-ring (bicyclic) bond motifs is 1. The number of nitrogens with one attached hydrogen (secondary N) is 2. The third-order valence-electron chi connectivity index (χ3n) is 4.02. The summed E-state index contributed by atoms with van der Waals surface area (Å²) in [6, 6.07) is 18.0. The molecule has 1 aliphatic carbocycles. The Kier molecular flexibility index (Phi) is 4.95. The lowest BCUT2D eigenvalue weighted by Crippen LogP contribution is -2.39. The molecule has 0 aliphatic heterocycles. The first-order valence-electron chi connectivity index (χ1n) is 7.99. The highest BCUT2D eigenvalue weighted by Crippen LogP contribution is 2.29. The fourth-order valence-electron chi connectivity index (χ4n) is 2.91. The fraction of sp³-hybridized carbons (Fsp3) is 0.250. The Morgan fingerprint density at radius 3 is 2.74 bits per heavy atom. The van der Waals surface area contributed by atoms with Crippen molar-refractivity contribution in [3.05, 3.63) is 71.3 Å². The quantitative estimate of drug-likeness (QED) is 0.820. The molecule has 3 rings (SSSR count). The van der Waals surface area contributed by atoms with Crippen LogP contribution in [-0.2, 0) is 6.42 Å². The van der Waals surface area contributed by atoms with Gasteiger partial charge in [-0.3, -0.25) is 0 Å². The van der Waals surface area contributed by atoms with Crippen molar-refractivity contribution in [2.75, 3.05) is 6.54 Å². The Labute approximate surface area is 137 Å². The van der Waals surface area contributed by atoms with Crippen molar-refractivity contribution in [3.63, 3.8) is 0 Å². The van der Waals surface area contributed by atoms with Crippen LogP contribution in [0, 0.1) is 11.8 Å². The molecule has 0 aromatic heterocycles. The van der Waals surface area contributed by atoms with Crippen molar-refractivity contribution < 1.29 is 4.79 Å². The van der Waals surface area contributed by atoms with Gasteiger partial charge in [0.2, 0.25) is 0 Å². The van der Waals surface area contributed by atoms with E-state index in [0.29, 0.717) is 6.54 Å². The third-order valence-corrected chi connectivity index (χ3v) is 4.02. The summed E-state index contributed by atoms with van der Waals surface area (Å²) in [4.78, 5) is 12.0. The zero-order chi connectivity index (χ0) is 15.9. The largest absolute Gasteiger partial charge is 0.331 e. The summed E-state index contributed by atoms with van der Waals surface area (Å²) in [5.41, 5.74) is 3.54. The summed E-state index contributed by atoms with van der Waals surface area (Å²) in [7, 11) is 0. The first kappa shape index (κ1) is 15.2. The van der Waals surface area contributed by atoms with E-state index in [-0.39, 0.29) is 12.1 Å². The van der Waals surface area contributed by atoms with Gasteiger partial charge in [0.05, 0.1) is 12.6 Å². The molecule has 2 N–H and O–H groups in total. The highest BCUT2D eigenvalue weighted by molar-refractivity contribution is 5.74. The Morgan fingerprint density at radius 1 is 1.09 bits per heavy atom. The van der Waals surface area contributed by atoms with Crippen molar-refractivity contribution >= 4 is 6.03 Å². The molecular formula is C20H20N2O. The maximum absolute atomic E-state index is 12.0. The molecule has 3 heteroatoms. The van der Waals surface area contributed by atoms with Crippen molar-refractivity contribution in [1.82, 2.24) is 10.6 Å². The van der Waals surface area contributed by atoms with E-state index in [2.05, 4.69) is 40.7 Å². The average molecular weight is 304 g/mol. The number of hydrogen-bond acceptors (Lipinski definition) is 1. The van der Waals surface area contributed by atoms with E-state index < -0.39 is 0 Å². The van der Waals surface area contributed by atoms with Crippen LogP contribution in [0.4, 0.5) is 4.79 Å². The Morgan fingerprint density at radius 2 is 1.87 bits per heavy atom. The van der Waals surface area contributed by atoms with Crippen molar-refractivity contribution in [2.24, 2.45) is 0 Å². The lowest BCUT2D eigenvalue weighted by Gasteiger charge is -2.26. The van der Waals surface area contributed by atoms with Gasteiger partial charge in [-0.25, -0.2) is 4.79 Å². The van der Waals surface area contributed by atoms with Crippen LogP contribution >= 0.6 is 0 Å². The number of amides is 2. The molecule has 116 valence electrons. The van der Waals surface area contributed by atoms with Crippen LogP contribution in [0.1, 0.15) is 35.6 Å². The maximum atomic E-state index is 12.0. The van der Waals surface area contributed by atoms with Gasteiger partial charge in [-0.05, 0) is 42.5 Å². The molecule has 0 radical (unpaired) electrons. The van der Waals surface area contributed by atoms with Crippen molar-refractivity contribution in [1.29, 1.82) is 0 Å². The normalized spacial score (nSPS) is 15.7. The van der Waals surface area contributed by atoms with Crippen LogP contribution in [0.15, 0.2) is 54.6 Å². The van der Waals surface area contributed by atoms with E-state index in [4.69, 9.17) is 0 Å². The lowest BCUT2D eigenvalue weighted by atomic mass is 9.88. The van der Waals surface area contributed by atoms with E-state index in [1.54, 1.807) is 0 Å². The topological polar surface area (TPSA) is 41.1 Å². The number of aryl methyl sites for hydroxylation is 1. The summed E-state index contributed by atoms with van der Waals surface area (Å²) in [5.74, 6) is 5.99. The SMILES string of the molecule is O=C(NCC#Cc1ccccc1)NC1CCCc2ccccc21. The summed E-state index contributed by atoms with van der Waals surface area (Å²) >= 11 is 0. The van der Waals surface area contributed by atoms with E-state index in [1.807, 2.05) is 36.4 Å². The van der Waals surface area contributed by atoms with Gasteiger partial charge in [-0.2, -0.15) is 0 Å². The van der Waals surface area contributed by atoms with Gasteiger partial charge >= 0.3 is 6.03 Å². The van der Waals surface area contributed by atoms with Gasteiger partial charge in [0, 0.05) is 5.56 Å². The average Bonchev–Trinajstić information content (AvgIpc) is 2.60. The molecular weight excluding hydrogens is 284 g/mol. The minimum absolute atomic E-state index is 0.0991. The number of hydrogen-bond donors (Lipinski definition) is 2. The molecule has 0 bridgehead atoms. The molecule has 2 aromatic rings. The highest BCUT2D eigenvalue weighted by Gasteiger charge is 2.20. The van der Waals surface area contributed by atoms with Gasteiger partial charge in [0.15, 0.2) is 0 Å². The summed E-state index contributed by atoms with van der Waals surface area (Å²) in [5, 5.41) is 5.86. The molecule has 1 aliphatic rings. The zero-order valence-electron chi connectivity index (χ0n) is 13.0. The smallest absolute Gasteiger partial charge is 0.316 e. The predicted octanol–water partition coefficient (Wildman–Crippen LogP) is 3.41. The van der Waals surface area contributed by atoms with Crippen molar-refractivity contribution in [2.45, 2.75) is 25.3 Å². The van der Waals surface area contributed by atoms with Crippen LogP contribution in [0.3, 0.4) is 0 Å². The molecule has 1 atom stereocenters. The molecule has 3 nitrogen and oxygen atoms in total. The summed E-state index contributed by atoms with van der Waals surface area (Å²) < 4.78 is 0. The van der Waals surface area contributed by atoms with Crippen LogP contribution in [-0.4, -0.2) is 12.6 Å². The Bertz CT molecular complexity index is 728. The van der Waals surface area contributed by atoms with Crippen LogP contribution in [0.2, 0.25) is 0 Å². The second-order valence-electron chi connectivity index (χ2n) is 5.64. The Hall–Kier alpha value is -2.73. The monoisotopic (exact) mass is 304 g/mol. The van der Waals surface area contributed by atoms with Crippen LogP contribution in [0.5, 0.6) is 0 Å². The summed E-state index contributed by atoms with van der Waals surface area (Å²) in [6.45, 7) is 0.342. The molecule has 2 amide bonds. The third kappa shape index (κ3) is 4.14. The van der Waals surface area contributed by atoms with Crippen LogP contribution in [0.25, 0.3) is 0 Å². The standard InChI is InChI=1S/C20H20N2O/c23-20(21-15-7-10-16-8-2-1-3-9-16)22-19-14-6-12-17-11-4-5-13-18(17)19/h1-5,8-9,11,13,19H,6,12,14-15H2,(H2,21,22,23). The van der Waals surface area contributed by atoms with Crippen molar-refractivity contribution in [3.8, 4) is 11.8 Å². The first-order valence-corrected chi connectivity index (χ1v) is 7.99. The minimum atomic E-state index is -0.158. The first-order chi connectivity index (χ1) is 11.3. The van der Waals surface area contributed by atoms with Gasteiger partial charge in [-0.15, -0.1) is 0 Å². The molecule has 2 aromatic carbocycles. The van der Waals surface area contributed by atoms with Gasteiger partial charge in [0.25, 0.3) is 0 Å². The van der Waals surface area contributed by atoms with Gasteiger partial charge in [0.1, 0.15) is 0 Å². The molecule has 0 saturated heterocycles.